The topological polar surface area (TPSA) is 83.7 Å². The van der Waals surface area contributed by atoms with E-state index in [1.807, 2.05) is 47.4 Å². The first-order valence-electron chi connectivity index (χ1n) is 12.2. The van der Waals surface area contributed by atoms with Gasteiger partial charge in [0.05, 0.1) is 25.8 Å². The van der Waals surface area contributed by atoms with E-state index in [1.165, 1.54) is 0 Å². The second-order valence-electron chi connectivity index (χ2n) is 9.07. The Balaban J connectivity index is 1.51. The van der Waals surface area contributed by atoms with Crippen LogP contribution in [0.2, 0.25) is 5.02 Å². The molecule has 3 aromatic carbocycles. The smallest absolute Gasteiger partial charge is 0.272 e. The summed E-state index contributed by atoms with van der Waals surface area (Å²) < 4.78 is 10.7. The molecular weight excluding hydrogens is 490 g/mol. The van der Waals surface area contributed by atoms with Gasteiger partial charge in [0.25, 0.3) is 5.56 Å². The fourth-order valence-electron chi connectivity index (χ4n) is 4.99. The first kappa shape index (κ1) is 24.7. The molecule has 0 radical (unpaired) electrons. The van der Waals surface area contributed by atoms with Gasteiger partial charge in [-0.05, 0) is 48.7 Å². The van der Waals surface area contributed by atoms with Crippen LogP contribution in [-0.2, 0) is 4.79 Å². The number of halogens is 1. The number of benzene rings is 3. The second-order valence-corrected chi connectivity index (χ2v) is 9.51. The third kappa shape index (κ3) is 5.00. The zero-order valence-corrected chi connectivity index (χ0v) is 21.5. The second kappa shape index (κ2) is 10.6. The van der Waals surface area contributed by atoms with Gasteiger partial charge in [0.2, 0.25) is 5.91 Å². The van der Waals surface area contributed by atoms with Gasteiger partial charge in [0.15, 0.2) is 0 Å². The molecule has 4 aromatic rings. The van der Waals surface area contributed by atoms with Crippen LogP contribution in [0, 0.1) is 5.92 Å². The largest absolute Gasteiger partial charge is 0.497 e. The predicted molar refractivity (Wildman–Crippen MR) is 148 cm³/mol. The maximum Gasteiger partial charge on any atom is 0.272 e. The summed E-state index contributed by atoms with van der Waals surface area (Å²) in [4.78, 5) is 31.9. The average molecular weight is 518 g/mol. The SMILES string of the molecule is COc1ccc(OC)c(NC(=O)[C@H]2CCCN(c3c(-c4ccccc4)c4cc(Cl)ccc4[nH]c3=O)C2)c1. The highest BCUT2D eigenvalue weighted by molar-refractivity contribution is 6.31. The molecule has 0 unspecified atom stereocenters. The Labute approximate surface area is 220 Å². The number of piperidine rings is 1. The van der Waals surface area contributed by atoms with Crippen LogP contribution >= 0.6 is 11.6 Å². The van der Waals surface area contributed by atoms with Gasteiger partial charge in [-0.2, -0.15) is 0 Å². The standard InChI is InChI=1S/C29H28ClN3O4/c1-36-21-11-13-25(37-2)24(16-21)32-28(34)19-9-6-14-33(17-19)27-26(18-7-4-3-5-8-18)22-15-20(30)10-12-23(22)31-29(27)35/h3-5,7-8,10-13,15-16,19H,6,9,14,17H2,1-2H3,(H,31,35)(H,32,34)/t19-/m0/s1. The molecule has 37 heavy (non-hydrogen) atoms. The molecule has 1 amide bonds. The van der Waals surface area contributed by atoms with Crippen LogP contribution in [0.1, 0.15) is 12.8 Å². The highest BCUT2D eigenvalue weighted by Crippen LogP contribution is 2.37. The molecule has 0 spiro atoms. The molecule has 0 bridgehead atoms. The number of methoxy groups -OCH3 is 2. The van der Waals surface area contributed by atoms with Gasteiger partial charge in [0.1, 0.15) is 17.2 Å². The van der Waals surface area contributed by atoms with E-state index in [0.717, 1.165) is 22.9 Å². The molecule has 1 saturated heterocycles. The van der Waals surface area contributed by atoms with Crippen molar-refractivity contribution in [3.63, 3.8) is 0 Å². The molecule has 1 aromatic heterocycles. The minimum absolute atomic E-state index is 0.127. The molecule has 0 aliphatic carbocycles. The number of amides is 1. The number of aromatic amines is 1. The summed E-state index contributed by atoms with van der Waals surface area (Å²) in [5, 5.41) is 4.45. The third-order valence-electron chi connectivity index (χ3n) is 6.79. The Kier molecular flexibility index (Phi) is 7.06. The van der Waals surface area contributed by atoms with Crippen molar-refractivity contribution in [1.82, 2.24) is 4.98 Å². The van der Waals surface area contributed by atoms with E-state index >= 15 is 0 Å². The molecule has 1 atom stereocenters. The average Bonchev–Trinajstić information content (AvgIpc) is 2.93. The molecule has 190 valence electrons. The normalized spacial score (nSPS) is 15.4. The summed E-state index contributed by atoms with van der Waals surface area (Å²) in [6, 6.07) is 20.6. The molecule has 2 N–H and O–H groups in total. The molecule has 5 rings (SSSR count). The number of aromatic nitrogens is 1. The number of carbonyl (C=O) groups excluding carboxylic acids is 1. The van der Waals surface area contributed by atoms with E-state index in [-0.39, 0.29) is 17.4 Å². The number of pyridine rings is 1. The monoisotopic (exact) mass is 517 g/mol. The quantitative estimate of drug-likeness (QED) is 0.342. The van der Waals surface area contributed by atoms with E-state index in [0.29, 0.717) is 52.9 Å². The molecular formula is C29H28ClN3O4. The Bertz CT molecular complexity index is 1500. The number of fused-ring (bicyclic) bond motifs is 1. The van der Waals surface area contributed by atoms with Crippen LogP contribution in [0.25, 0.3) is 22.0 Å². The number of H-pyrrole nitrogens is 1. The Hall–Kier alpha value is -3.97. The first-order chi connectivity index (χ1) is 18.0. The van der Waals surface area contributed by atoms with Crippen molar-refractivity contribution in [2.75, 3.05) is 37.5 Å². The van der Waals surface area contributed by atoms with Gasteiger partial charge in [-0.25, -0.2) is 0 Å². The number of ether oxygens (including phenoxy) is 2. The summed E-state index contributed by atoms with van der Waals surface area (Å²) >= 11 is 6.37. The van der Waals surface area contributed by atoms with Crippen molar-refractivity contribution < 1.29 is 14.3 Å². The number of rotatable bonds is 6. The highest BCUT2D eigenvalue weighted by Gasteiger charge is 2.30. The summed E-state index contributed by atoms with van der Waals surface area (Å²) in [6.45, 7) is 1.08. The Morgan fingerprint density at radius 1 is 1.05 bits per heavy atom. The van der Waals surface area contributed by atoms with Crippen molar-refractivity contribution in [2.24, 2.45) is 5.92 Å². The molecule has 1 aliphatic rings. The van der Waals surface area contributed by atoms with E-state index < -0.39 is 0 Å². The lowest BCUT2D eigenvalue weighted by Crippen LogP contribution is -2.43. The number of anilines is 2. The van der Waals surface area contributed by atoms with Gasteiger partial charge in [-0.3, -0.25) is 9.59 Å². The highest BCUT2D eigenvalue weighted by atomic mass is 35.5. The maximum absolute atomic E-state index is 13.5. The number of nitrogens with zero attached hydrogens (tertiary/aromatic N) is 1. The van der Waals surface area contributed by atoms with Gasteiger partial charge < -0.3 is 24.7 Å². The van der Waals surface area contributed by atoms with Crippen LogP contribution in [0.5, 0.6) is 11.5 Å². The zero-order chi connectivity index (χ0) is 25.9. The Morgan fingerprint density at radius 2 is 1.86 bits per heavy atom. The van der Waals surface area contributed by atoms with Crippen LogP contribution in [-0.4, -0.2) is 38.2 Å². The number of hydrogen-bond acceptors (Lipinski definition) is 5. The third-order valence-corrected chi connectivity index (χ3v) is 7.02. The summed E-state index contributed by atoms with van der Waals surface area (Å²) in [7, 11) is 3.13. The van der Waals surface area contributed by atoms with Gasteiger partial charge in [-0.15, -0.1) is 0 Å². The van der Waals surface area contributed by atoms with Crippen LogP contribution in [0.3, 0.4) is 0 Å². The van der Waals surface area contributed by atoms with Gasteiger partial charge >= 0.3 is 0 Å². The lowest BCUT2D eigenvalue weighted by Gasteiger charge is -2.34. The van der Waals surface area contributed by atoms with Crippen LogP contribution in [0.15, 0.2) is 71.5 Å². The fraction of sp³-hybridized carbons (Fsp3) is 0.241. The summed E-state index contributed by atoms with van der Waals surface area (Å²) in [5.41, 5.74) is 3.36. The molecule has 7 nitrogen and oxygen atoms in total. The van der Waals surface area contributed by atoms with Crippen molar-refractivity contribution in [2.45, 2.75) is 12.8 Å². The van der Waals surface area contributed by atoms with E-state index in [2.05, 4.69) is 10.3 Å². The molecule has 1 fully saturated rings. The van der Waals surface area contributed by atoms with Crippen molar-refractivity contribution in [3.05, 3.63) is 82.1 Å². The molecule has 2 heterocycles. The molecule has 8 heteroatoms. The number of nitrogens with one attached hydrogen (secondary N) is 2. The lowest BCUT2D eigenvalue weighted by molar-refractivity contribution is -0.120. The van der Waals surface area contributed by atoms with E-state index in [9.17, 15) is 9.59 Å². The minimum atomic E-state index is -0.317. The van der Waals surface area contributed by atoms with Gasteiger partial charge in [0, 0.05) is 40.6 Å². The first-order valence-corrected chi connectivity index (χ1v) is 12.5. The molecule has 0 saturated carbocycles. The zero-order valence-electron chi connectivity index (χ0n) is 20.7. The predicted octanol–water partition coefficient (Wildman–Crippen LogP) is 5.72. The maximum atomic E-state index is 13.5. The van der Waals surface area contributed by atoms with Gasteiger partial charge in [-0.1, -0.05) is 41.9 Å². The van der Waals surface area contributed by atoms with Crippen molar-refractivity contribution >= 4 is 39.8 Å². The Morgan fingerprint density at radius 3 is 2.62 bits per heavy atom. The summed E-state index contributed by atoms with van der Waals surface area (Å²) in [5.74, 6) is 0.728. The van der Waals surface area contributed by atoms with Crippen LogP contribution in [0.4, 0.5) is 11.4 Å². The fourth-order valence-corrected chi connectivity index (χ4v) is 5.17. The van der Waals surface area contributed by atoms with Crippen molar-refractivity contribution in [3.8, 4) is 22.6 Å². The number of carbonyl (C=O) groups is 1. The molecule has 1 aliphatic heterocycles. The van der Waals surface area contributed by atoms with Crippen molar-refractivity contribution in [1.29, 1.82) is 0 Å². The lowest BCUT2D eigenvalue weighted by atomic mass is 9.93. The number of hydrogen-bond donors (Lipinski definition) is 2. The van der Waals surface area contributed by atoms with E-state index in [1.54, 1.807) is 38.5 Å². The minimum Gasteiger partial charge on any atom is -0.497 e. The summed E-state index contributed by atoms with van der Waals surface area (Å²) in [6.07, 6.45) is 1.49. The van der Waals surface area contributed by atoms with E-state index in [4.69, 9.17) is 21.1 Å². The van der Waals surface area contributed by atoms with Crippen LogP contribution < -0.4 is 25.2 Å².